The van der Waals surface area contributed by atoms with Crippen molar-refractivity contribution in [2.45, 2.75) is 24.8 Å². The number of alkyl carbamates (subject to hydrolysis) is 1. The molecule has 3 N–H and O–H groups in total. The van der Waals surface area contributed by atoms with Gasteiger partial charge in [-0.15, -0.1) is 0 Å². The van der Waals surface area contributed by atoms with Crippen molar-refractivity contribution in [3.63, 3.8) is 0 Å². The monoisotopic (exact) mass is 458 g/mol. The van der Waals surface area contributed by atoms with Crippen molar-refractivity contribution < 1.29 is 24.2 Å². The van der Waals surface area contributed by atoms with Gasteiger partial charge >= 0.3 is 12.1 Å². The molecule has 0 fully saturated rings. The summed E-state index contributed by atoms with van der Waals surface area (Å²) in [6.45, 7) is -0.241. The predicted octanol–water partition coefficient (Wildman–Crippen LogP) is 4.25. The lowest BCUT2D eigenvalue weighted by molar-refractivity contribution is -0.137. The van der Waals surface area contributed by atoms with Crippen LogP contribution in [0.25, 0.3) is 11.1 Å². The summed E-state index contributed by atoms with van der Waals surface area (Å²) < 4.78 is 5.65. The molecular weight excluding hydrogens is 432 g/mol. The maximum atomic E-state index is 12.8. The molecule has 174 valence electrons. The SMILES string of the molecule is O=C(O)CNC(=O)CCC(NC(=O)OCC1c2ccccc2-c2ccccc21)c1ccccc1. The van der Waals surface area contributed by atoms with Crippen molar-refractivity contribution in [1.82, 2.24) is 10.6 Å². The second-order valence-electron chi connectivity index (χ2n) is 8.14. The van der Waals surface area contributed by atoms with E-state index in [1.165, 1.54) is 0 Å². The maximum Gasteiger partial charge on any atom is 0.407 e. The van der Waals surface area contributed by atoms with Gasteiger partial charge in [-0.2, -0.15) is 0 Å². The van der Waals surface area contributed by atoms with Gasteiger partial charge in [0.15, 0.2) is 0 Å². The molecule has 0 radical (unpaired) electrons. The van der Waals surface area contributed by atoms with Gasteiger partial charge in [-0.1, -0.05) is 78.9 Å². The average Bonchev–Trinajstić information content (AvgIpc) is 3.18. The Morgan fingerprint density at radius 2 is 1.44 bits per heavy atom. The summed E-state index contributed by atoms with van der Waals surface area (Å²) >= 11 is 0. The number of fused-ring (bicyclic) bond motifs is 3. The first kappa shape index (κ1) is 23.0. The summed E-state index contributed by atoms with van der Waals surface area (Å²) in [4.78, 5) is 35.4. The summed E-state index contributed by atoms with van der Waals surface area (Å²) in [7, 11) is 0. The molecule has 0 saturated heterocycles. The van der Waals surface area contributed by atoms with Crippen molar-refractivity contribution in [1.29, 1.82) is 0 Å². The van der Waals surface area contributed by atoms with Crippen molar-refractivity contribution in [3.05, 3.63) is 95.6 Å². The number of ether oxygens (including phenoxy) is 1. The standard InChI is InChI=1S/C27H26N2O5/c30-25(28-16-26(31)32)15-14-24(18-8-2-1-3-9-18)29-27(33)34-17-23-21-12-6-4-10-19(21)20-11-5-7-13-22(20)23/h1-13,23-24H,14-17H2,(H,28,30)(H,29,33)(H,31,32). The zero-order valence-corrected chi connectivity index (χ0v) is 18.6. The van der Waals surface area contributed by atoms with Gasteiger partial charge in [0.05, 0.1) is 6.04 Å². The van der Waals surface area contributed by atoms with Gasteiger partial charge in [-0.05, 0) is 34.2 Å². The molecule has 1 atom stereocenters. The third-order valence-corrected chi connectivity index (χ3v) is 5.93. The number of rotatable bonds is 9. The summed E-state index contributed by atoms with van der Waals surface area (Å²) in [6.07, 6.45) is -0.197. The van der Waals surface area contributed by atoms with E-state index < -0.39 is 30.6 Å². The van der Waals surface area contributed by atoms with Crippen LogP contribution in [0.1, 0.15) is 41.5 Å². The molecule has 0 aromatic heterocycles. The van der Waals surface area contributed by atoms with Crippen molar-refractivity contribution in [3.8, 4) is 11.1 Å². The zero-order valence-electron chi connectivity index (χ0n) is 18.6. The minimum Gasteiger partial charge on any atom is -0.480 e. The molecule has 7 heteroatoms. The number of carboxylic acids is 1. The number of carboxylic acid groups (broad SMARTS) is 1. The van der Waals surface area contributed by atoms with Gasteiger partial charge in [0.25, 0.3) is 0 Å². The van der Waals surface area contributed by atoms with Gasteiger partial charge in [-0.3, -0.25) is 9.59 Å². The third kappa shape index (κ3) is 5.43. The van der Waals surface area contributed by atoms with Crippen LogP contribution in [0, 0.1) is 0 Å². The van der Waals surface area contributed by atoms with Crippen LogP contribution in [0.4, 0.5) is 4.79 Å². The molecule has 4 rings (SSSR count). The molecule has 0 spiro atoms. The van der Waals surface area contributed by atoms with E-state index in [-0.39, 0.29) is 18.9 Å². The van der Waals surface area contributed by atoms with E-state index in [1.807, 2.05) is 54.6 Å². The van der Waals surface area contributed by atoms with E-state index in [1.54, 1.807) is 0 Å². The van der Waals surface area contributed by atoms with Crippen LogP contribution in [0.3, 0.4) is 0 Å². The van der Waals surface area contributed by atoms with Gasteiger partial charge < -0.3 is 20.5 Å². The van der Waals surface area contributed by atoms with Gasteiger partial charge in [0.2, 0.25) is 5.91 Å². The highest BCUT2D eigenvalue weighted by atomic mass is 16.5. The summed E-state index contributed by atoms with van der Waals surface area (Å²) in [5.74, 6) is -1.54. The lowest BCUT2D eigenvalue weighted by atomic mass is 9.98. The number of hydrogen-bond acceptors (Lipinski definition) is 4. The summed E-state index contributed by atoms with van der Waals surface area (Å²) in [6, 6.07) is 25.1. The first-order chi connectivity index (χ1) is 16.5. The molecule has 3 aromatic carbocycles. The van der Waals surface area contributed by atoms with Crippen molar-refractivity contribution >= 4 is 18.0 Å². The fraction of sp³-hybridized carbons (Fsp3) is 0.222. The van der Waals surface area contributed by atoms with Crippen LogP contribution >= 0.6 is 0 Å². The second kappa shape index (κ2) is 10.7. The number of carbonyl (C=O) groups is 3. The Kier molecular flexibility index (Phi) is 7.22. The molecule has 1 unspecified atom stereocenters. The van der Waals surface area contributed by atoms with Crippen LogP contribution in [-0.2, 0) is 14.3 Å². The third-order valence-electron chi connectivity index (χ3n) is 5.93. The average molecular weight is 459 g/mol. The van der Waals surface area contributed by atoms with Crippen LogP contribution in [0.5, 0.6) is 0 Å². The molecular formula is C27H26N2O5. The Morgan fingerprint density at radius 1 is 0.853 bits per heavy atom. The van der Waals surface area contributed by atoms with Crippen LogP contribution < -0.4 is 10.6 Å². The number of nitrogens with one attached hydrogen (secondary N) is 2. The molecule has 7 nitrogen and oxygen atoms in total. The van der Waals surface area contributed by atoms with Gasteiger partial charge in [0, 0.05) is 12.3 Å². The lowest BCUT2D eigenvalue weighted by Crippen LogP contribution is -2.33. The van der Waals surface area contributed by atoms with E-state index in [0.29, 0.717) is 6.42 Å². The lowest BCUT2D eigenvalue weighted by Gasteiger charge is -2.20. The quantitative estimate of drug-likeness (QED) is 0.445. The summed E-state index contributed by atoms with van der Waals surface area (Å²) in [5, 5.41) is 13.9. The predicted molar refractivity (Wildman–Crippen MR) is 127 cm³/mol. The Labute approximate surface area is 197 Å². The topological polar surface area (TPSA) is 105 Å². The molecule has 34 heavy (non-hydrogen) atoms. The molecule has 1 aliphatic carbocycles. The van der Waals surface area contributed by atoms with Crippen molar-refractivity contribution in [2.24, 2.45) is 0 Å². The smallest absolute Gasteiger partial charge is 0.407 e. The first-order valence-corrected chi connectivity index (χ1v) is 11.2. The second-order valence-corrected chi connectivity index (χ2v) is 8.14. The minimum absolute atomic E-state index is 0.0462. The Hall–Kier alpha value is -4.13. The van der Waals surface area contributed by atoms with Gasteiger partial charge in [0.1, 0.15) is 13.2 Å². The molecule has 3 aromatic rings. The molecule has 0 aliphatic heterocycles. The molecule has 0 bridgehead atoms. The Bertz CT molecular complexity index is 1130. The maximum absolute atomic E-state index is 12.8. The number of hydrogen-bond donors (Lipinski definition) is 3. The molecule has 0 heterocycles. The largest absolute Gasteiger partial charge is 0.480 e. The highest BCUT2D eigenvalue weighted by Crippen LogP contribution is 2.44. The number of benzene rings is 3. The normalized spacial score (nSPS) is 12.8. The van der Waals surface area contributed by atoms with Crippen molar-refractivity contribution in [2.75, 3.05) is 13.2 Å². The summed E-state index contributed by atoms with van der Waals surface area (Å²) in [5.41, 5.74) is 5.41. The fourth-order valence-corrected chi connectivity index (χ4v) is 4.33. The van der Waals surface area contributed by atoms with Crippen LogP contribution in [0.15, 0.2) is 78.9 Å². The van der Waals surface area contributed by atoms with Gasteiger partial charge in [-0.25, -0.2) is 4.79 Å². The molecule has 2 amide bonds. The highest BCUT2D eigenvalue weighted by molar-refractivity contribution is 5.81. The first-order valence-electron chi connectivity index (χ1n) is 11.2. The molecule has 0 saturated carbocycles. The fourth-order valence-electron chi connectivity index (χ4n) is 4.33. The van der Waals surface area contributed by atoms with Crippen LogP contribution in [0.2, 0.25) is 0 Å². The van der Waals surface area contributed by atoms with Crippen LogP contribution in [-0.4, -0.2) is 36.2 Å². The Balaban J connectivity index is 1.40. The van der Waals surface area contributed by atoms with E-state index in [4.69, 9.17) is 9.84 Å². The van der Waals surface area contributed by atoms with E-state index in [9.17, 15) is 14.4 Å². The molecule has 1 aliphatic rings. The zero-order chi connectivity index (χ0) is 23.9. The minimum atomic E-state index is -1.11. The van der Waals surface area contributed by atoms with E-state index in [0.717, 1.165) is 27.8 Å². The Morgan fingerprint density at radius 3 is 2.06 bits per heavy atom. The number of aliphatic carboxylic acids is 1. The van der Waals surface area contributed by atoms with E-state index in [2.05, 4.69) is 34.9 Å². The highest BCUT2D eigenvalue weighted by Gasteiger charge is 2.29. The number of amides is 2. The van der Waals surface area contributed by atoms with E-state index >= 15 is 0 Å². The number of carbonyl (C=O) groups excluding carboxylic acids is 2.